The number of nitrogens with zero attached hydrogens (tertiary/aromatic N) is 4. The van der Waals surface area contributed by atoms with Crippen molar-refractivity contribution in [2.45, 2.75) is 59.6 Å². The number of nitrogen functional groups attached to an aromatic ring is 1. The first-order valence-electron chi connectivity index (χ1n) is 13.7. The zero-order chi connectivity index (χ0) is 29.1. The highest BCUT2D eigenvalue weighted by Gasteiger charge is 2.40. The SMILES string of the molecule is CC.CCC(C)C.N#Cc1c(N)sc2c(F)cnc(C3=C(F)C4N=C(N5CCC(O)C5)NC=C4C4=C3COC4)c12. The maximum Gasteiger partial charge on any atom is 0.199 e. The number of fused-ring (bicyclic) bond motifs is 3. The van der Waals surface area contributed by atoms with Crippen molar-refractivity contribution < 1.29 is 18.6 Å². The van der Waals surface area contributed by atoms with Crippen molar-refractivity contribution in [3.63, 3.8) is 0 Å². The molecule has 3 aliphatic heterocycles. The second kappa shape index (κ2) is 12.5. The van der Waals surface area contributed by atoms with E-state index in [1.165, 1.54) is 6.42 Å². The molecule has 0 radical (unpaired) electrons. The van der Waals surface area contributed by atoms with Crippen LogP contribution in [0.3, 0.4) is 0 Å². The zero-order valence-corrected chi connectivity index (χ0v) is 24.3. The molecule has 0 bridgehead atoms. The van der Waals surface area contributed by atoms with Gasteiger partial charge in [-0.15, -0.1) is 11.3 Å². The van der Waals surface area contributed by atoms with Crippen LogP contribution in [0.25, 0.3) is 15.7 Å². The van der Waals surface area contributed by atoms with Gasteiger partial charge in [-0.2, -0.15) is 5.26 Å². The Balaban J connectivity index is 0.000000479. The Morgan fingerprint density at radius 1 is 1.30 bits per heavy atom. The minimum absolute atomic E-state index is 0.0836. The Hall–Kier alpha value is -3.33. The molecule has 40 heavy (non-hydrogen) atoms. The number of halogens is 2. The van der Waals surface area contributed by atoms with Gasteiger partial charge in [0.2, 0.25) is 0 Å². The van der Waals surface area contributed by atoms with Gasteiger partial charge in [0.05, 0.1) is 41.5 Å². The number of ether oxygens (including phenoxy) is 1. The lowest BCUT2D eigenvalue weighted by Gasteiger charge is -2.31. The van der Waals surface area contributed by atoms with Crippen molar-refractivity contribution >= 4 is 38.0 Å². The highest BCUT2D eigenvalue weighted by atomic mass is 32.1. The van der Waals surface area contributed by atoms with E-state index < -0.39 is 23.8 Å². The lowest BCUT2D eigenvalue weighted by molar-refractivity contribution is 0.188. The van der Waals surface area contributed by atoms with Crippen molar-refractivity contribution in [2.75, 3.05) is 32.0 Å². The fourth-order valence-corrected chi connectivity index (χ4v) is 5.76. The van der Waals surface area contributed by atoms with Gasteiger partial charge in [0.1, 0.15) is 22.9 Å². The van der Waals surface area contributed by atoms with Gasteiger partial charge in [-0.25, -0.2) is 13.8 Å². The number of β-amino-alcohol motifs (C(OH)–C–C–N with tert-alkyl or cyclic N) is 1. The summed E-state index contributed by atoms with van der Waals surface area (Å²) in [4.78, 5) is 10.7. The van der Waals surface area contributed by atoms with Gasteiger partial charge in [-0.1, -0.05) is 41.0 Å². The van der Waals surface area contributed by atoms with Crippen LogP contribution in [0.15, 0.2) is 39.9 Å². The van der Waals surface area contributed by atoms with E-state index in [0.717, 1.165) is 29.0 Å². The predicted molar refractivity (Wildman–Crippen MR) is 156 cm³/mol. The summed E-state index contributed by atoms with van der Waals surface area (Å²) in [6.45, 7) is 12.1. The van der Waals surface area contributed by atoms with Gasteiger partial charge in [0.15, 0.2) is 11.8 Å². The number of aliphatic hydroxyl groups is 1. The number of hydrogen-bond donors (Lipinski definition) is 3. The molecule has 2 aromatic heterocycles. The average Bonchev–Trinajstić information content (AvgIpc) is 3.70. The zero-order valence-electron chi connectivity index (χ0n) is 23.5. The molecule has 11 heteroatoms. The third-order valence-corrected chi connectivity index (χ3v) is 8.24. The monoisotopic (exact) mass is 570 g/mol. The second-order valence-corrected chi connectivity index (χ2v) is 11.1. The number of nitrogens with two attached hydrogens (primary N) is 1. The fourth-order valence-electron chi connectivity index (χ4n) is 4.84. The Morgan fingerprint density at radius 3 is 2.62 bits per heavy atom. The summed E-state index contributed by atoms with van der Waals surface area (Å²) in [5.74, 6) is 0.205. The van der Waals surface area contributed by atoms with Crippen LogP contribution in [0.2, 0.25) is 0 Å². The standard InChI is InChI=1S/C22H18F2N6O2S.C5H12.C2H6/c23-14-5-27-19(16-10(3-25)21(26)33-20(14)16)15-13-8-32-7-12(13)11-4-28-22(29-18(11)17(15)24)30-2-1-9(31)6-30;1-4-5(2)3;1-2/h4-5,9,18,31H,1-2,6-8,26H2,(H,28,29);5H,4H2,1-3H3;1-2H3. The van der Waals surface area contributed by atoms with Crippen LogP contribution < -0.4 is 11.1 Å². The molecule has 214 valence electrons. The molecule has 6 rings (SSSR count). The van der Waals surface area contributed by atoms with Crippen LogP contribution in [-0.4, -0.2) is 59.4 Å². The van der Waals surface area contributed by atoms with E-state index in [9.17, 15) is 14.8 Å². The van der Waals surface area contributed by atoms with Gasteiger partial charge in [0.25, 0.3) is 0 Å². The summed E-state index contributed by atoms with van der Waals surface area (Å²) in [7, 11) is 0. The lowest BCUT2D eigenvalue weighted by atomic mass is 9.82. The molecule has 2 unspecified atom stereocenters. The van der Waals surface area contributed by atoms with E-state index in [2.05, 4.69) is 36.1 Å². The van der Waals surface area contributed by atoms with Crippen LogP contribution >= 0.6 is 11.3 Å². The Labute approximate surface area is 237 Å². The minimum Gasteiger partial charge on any atom is -0.391 e. The number of hydrogen-bond acceptors (Lipinski definition) is 9. The van der Waals surface area contributed by atoms with Crippen LogP contribution in [0.1, 0.15) is 58.7 Å². The Morgan fingerprint density at radius 2 is 2.00 bits per heavy atom. The summed E-state index contributed by atoms with van der Waals surface area (Å²) in [5, 5.41) is 23.0. The predicted octanol–water partition coefficient (Wildman–Crippen LogP) is 5.27. The highest BCUT2D eigenvalue weighted by Crippen LogP contribution is 2.47. The topological polar surface area (TPSA) is 120 Å². The first-order valence-corrected chi connectivity index (χ1v) is 14.5. The van der Waals surface area contributed by atoms with Gasteiger partial charge in [-0.05, 0) is 23.5 Å². The molecule has 0 saturated carbocycles. The molecule has 0 aromatic carbocycles. The highest BCUT2D eigenvalue weighted by molar-refractivity contribution is 7.23. The molecule has 1 aliphatic carbocycles. The molecular weight excluding hydrogens is 534 g/mol. The Bertz CT molecular complexity index is 1450. The van der Waals surface area contributed by atoms with E-state index in [1.807, 2.05) is 24.8 Å². The van der Waals surface area contributed by atoms with Crippen molar-refractivity contribution in [3.05, 3.63) is 52.0 Å². The summed E-state index contributed by atoms with van der Waals surface area (Å²) in [6, 6.07) is 1.08. The average molecular weight is 571 g/mol. The smallest absolute Gasteiger partial charge is 0.199 e. The number of aliphatic hydroxyl groups excluding tert-OH is 1. The molecule has 1 saturated heterocycles. The molecule has 2 aromatic rings. The van der Waals surface area contributed by atoms with Crippen LogP contribution in [0, 0.1) is 23.1 Å². The molecule has 1 fully saturated rings. The van der Waals surface area contributed by atoms with E-state index >= 15 is 4.39 Å². The van der Waals surface area contributed by atoms with E-state index in [-0.39, 0.29) is 45.1 Å². The summed E-state index contributed by atoms with van der Waals surface area (Å²) < 4.78 is 36.6. The van der Waals surface area contributed by atoms with Crippen molar-refractivity contribution in [1.82, 2.24) is 15.2 Å². The van der Waals surface area contributed by atoms with Crippen LogP contribution in [-0.2, 0) is 4.74 Å². The lowest BCUT2D eigenvalue weighted by Crippen LogP contribution is -2.42. The molecule has 2 atom stereocenters. The van der Waals surface area contributed by atoms with Gasteiger partial charge < -0.3 is 25.8 Å². The molecule has 5 heterocycles. The molecule has 4 N–H and O–H groups in total. The molecule has 4 aliphatic rings. The van der Waals surface area contributed by atoms with Crippen molar-refractivity contribution in [3.8, 4) is 6.07 Å². The number of rotatable bonds is 2. The third kappa shape index (κ3) is 5.36. The number of thiophene rings is 1. The maximum absolute atomic E-state index is 16.2. The maximum atomic E-state index is 16.2. The quantitative estimate of drug-likeness (QED) is 0.450. The van der Waals surface area contributed by atoms with E-state index in [4.69, 9.17) is 10.5 Å². The second-order valence-electron chi connectivity index (χ2n) is 10.1. The Kier molecular flexibility index (Phi) is 9.23. The number of likely N-dealkylation sites (tertiary alicyclic amines) is 1. The molecule has 0 amide bonds. The van der Waals surface area contributed by atoms with Crippen LogP contribution in [0.4, 0.5) is 13.8 Å². The first-order chi connectivity index (χ1) is 19.2. The van der Waals surface area contributed by atoms with E-state index in [1.54, 1.807) is 6.20 Å². The summed E-state index contributed by atoms with van der Waals surface area (Å²) in [5.41, 5.74) is 8.47. The van der Waals surface area contributed by atoms with Crippen LogP contribution in [0.5, 0.6) is 0 Å². The summed E-state index contributed by atoms with van der Waals surface area (Å²) >= 11 is 0.943. The largest absolute Gasteiger partial charge is 0.391 e. The van der Waals surface area contributed by atoms with Crippen molar-refractivity contribution in [2.24, 2.45) is 10.9 Å². The molecule has 8 nitrogen and oxygen atoms in total. The molecule has 0 spiro atoms. The van der Waals surface area contributed by atoms with Crippen molar-refractivity contribution in [1.29, 1.82) is 5.26 Å². The number of pyridine rings is 1. The normalized spacial score (nSPS) is 21.6. The van der Waals surface area contributed by atoms with E-state index in [0.29, 0.717) is 36.6 Å². The van der Waals surface area contributed by atoms with Gasteiger partial charge in [-0.3, -0.25) is 4.98 Å². The minimum atomic E-state index is -0.933. The summed E-state index contributed by atoms with van der Waals surface area (Å²) in [6.07, 6.45) is 4.22. The van der Waals surface area contributed by atoms with Gasteiger partial charge in [0, 0.05) is 35.8 Å². The number of nitriles is 1. The fraction of sp³-hybridized carbons (Fsp3) is 0.483. The molecular formula is C29H36F2N6O2S. The third-order valence-electron chi connectivity index (χ3n) is 7.21. The van der Waals surface area contributed by atoms with Gasteiger partial charge >= 0.3 is 0 Å². The first kappa shape index (κ1) is 29.6. The number of anilines is 1. The number of nitrogens with one attached hydrogen (secondary N) is 1. The number of aromatic nitrogens is 1. The number of guanidine groups is 1. The number of aliphatic imine (C=N–C) groups is 1.